The highest BCUT2D eigenvalue weighted by atomic mass is 127. The first kappa shape index (κ1) is 13.6. The third-order valence-corrected chi connectivity index (χ3v) is 3.38. The molecular formula is C13H10FIN2O2. The Morgan fingerprint density at radius 1 is 1.26 bits per heavy atom. The number of nitrogens with two attached hydrogens (primary N) is 1. The molecule has 4 N–H and O–H groups in total. The number of nitrogens with one attached hydrogen (secondary N) is 1. The van der Waals surface area contributed by atoms with Crippen molar-refractivity contribution in [1.29, 1.82) is 0 Å². The summed E-state index contributed by atoms with van der Waals surface area (Å²) < 4.78 is 13.7. The third kappa shape index (κ3) is 3.14. The minimum Gasteiger partial charge on any atom is -0.507 e. The third-order valence-electron chi connectivity index (χ3n) is 2.47. The normalized spacial score (nSPS) is 10.2. The molecule has 0 unspecified atom stereocenters. The molecule has 0 radical (unpaired) electrons. The number of rotatable bonds is 2. The Morgan fingerprint density at radius 2 is 2.00 bits per heavy atom. The number of carbonyl (C=O) groups excluding carboxylic acids is 1. The van der Waals surface area contributed by atoms with Gasteiger partial charge in [0.15, 0.2) is 0 Å². The molecular weight excluding hydrogens is 362 g/mol. The Hall–Kier alpha value is -1.83. The van der Waals surface area contributed by atoms with E-state index >= 15 is 0 Å². The fourth-order valence-electron chi connectivity index (χ4n) is 1.49. The molecule has 0 aromatic heterocycles. The lowest BCUT2D eigenvalue weighted by molar-refractivity contribution is 0.102. The summed E-state index contributed by atoms with van der Waals surface area (Å²) in [6.45, 7) is 0. The quantitative estimate of drug-likeness (QED) is 0.561. The number of anilines is 2. The Labute approximate surface area is 122 Å². The second kappa shape index (κ2) is 5.43. The second-order valence-electron chi connectivity index (χ2n) is 3.85. The van der Waals surface area contributed by atoms with Crippen LogP contribution in [0.3, 0.4) is 0 Å². The highest BCUT2D eigenvalue weighted by molar-refractivity contribution is 14.1. The molecule has 98 valence electrons. The molecule has 0 fully saturated rings. The Bertz CT molecular complexity index is 647. The van der Waals surface area contributed by atoms with Crippen molar-refractivity contribution < 1.29 is 14.3 Å². The van der Waals surface area contributed by atoms with Crippen LogP contribution in [-0.4, -0.2) is 11.0 Å². The smallest absolute Gasteiger partial charge is 0.255 e. The highest BCUT2D eigenvalue weighted by Gasteiger charge is 2.10. The number of phenols is 1. The maximum absolute atomic E-state index is 13.1. The van der Waals surface area contributed by atoms with Gasteiger partial charge in [0.1, 0.15) is 11.6 Å². The Morgan fingerprint density at radius 3 is 2.68 bits per heavy atom. The monoisotopic (exact) mass is 372 g/mol. The summed E-state index contributed by atoms with van der Waals surface area (Å²) in [4.78, 5) is 11.9. The lowest BCUT2D eigenvalue weighted by Gasteiger charge is -2.08. The van der Waals surface area contributed by atoms with Crippen molar-refractivity contribution in [1.82, 2.24) is 0 Å². The van der Waals surface area contributed by atoms with Crippen LogP contribution in [0.25, 0.3) is 0 Å². The van der Waals surface area contributed by atoms with Crippen LogP contribution in [0.4, 0.5) is 15.8 Å². The summed E-state index contributed by atoms with van der Waals surface area (Å²) in [5.74, 6) is -0.945. The largest absolute Gasteiger partial charge is 0.507 e. The molecule has 2 aromatic rings. The summed E-state index contributed by atoms with van der Waals surface area (Å²) in [6, 6.07) is 8.23. The predicted octanol–water partition coefficient (Wildman–Crippen LogP) is 2.97. The lowest BCUT2D eigenvalue weighted by atomic mass is 10.2. The van der Waals surface area contributed by atoms with Crippen LogP contribution in [0.1, 0.15) is 10.4 Å². The summed E-state index contributed by atoms with van der Waals surface area (Å²) in [6.07, 6.45) is 0. The van der Waals surface area contributed by atoms with Crippen LogP contribution < -0.4 is 11.1 Å². The first-order valence-corrected chi connectivity index (χ1v) is 6.40. The van der Waals surface area contributed by atoms with E-state index in [1.165, 1.54) is 18.2 Å². The zero-order valence-electron chi connectivity index (χ0n) is 9.65. The van der Waals surface area contributed by atoms with Gasteiger partial charge < -0.3 is 16.2 Å². The van der Waals surface area contributed by atoms with E-state index in [4.69, 9.17) is 5.73 Å². The van der Waals surface area contributed by atoms with E-state index in [2.05, 4.69) is 5.32 Å². The molecule has 2 aromatic carbocycles. The van der Waals surface area contributed by atoms with Gasteiger partial charge >= 0.3 is 0 Å². The van der Waals surface area contributed by atoms with Crippen LogP contribution in [-0.2, 0) is 0 Å². The molecule has 2 rings (SSSR count). The van der Waals surface area contributed by atoms with Crippen molar-refractivity contribution >= 4 is 39.9 Å². The summed E-state index contributed by atoms with van der Waals surface area (Å²) >= 11 is 1.95. The minimum atomic E-state index is -0.491. The van der Waals surface area contributed by atoms with Crippen molar-refractivity contribution in [3.63, 3.8) is 0 Å². The molecule has 6 heteroatoms. The summed E-state index contributed by atoms with van der Waals surface area (Å²) in [5, 5.41) is 12.0. The van der Waals surface area contributed by atoms with Crippen LogP contribution in [0, 0.1) is 9.39 Å². The van der Waals surface area contributed by atoms with Gasteiger partial charge in [-0.25, -0.2) is 4.39 Å². The number of benzene rings is 2. The number of halogens is 2. The van der Waals surface area contributed by atoms with Gasteiger partial charge in [-0.3, -0.25) is 4.79 Å². The van der Waals surface area contributed by atoms with E-state index in [-0.39, 0.29) is 22.7 Å². The van der Waals surface area contributed by atoms with Crippen LogP contribution >= 0.6 is 22.6 Å². The number of nitrogen functional groups attached to an aromatic ring is 1. The molecule has 0 atom stereocenters. The van der Waals surface area contributed by atoms with Gasteiger partial charge in [-0.2, -0.15) is 0 Å². The van der Waals surface area contributed by atoms with Gasteiger partial charge in [0.2, 0.25) is 0 Å². The lowest BCUT2D eigenvalue weighted by Crippen LogP contribution is -2.13. The van der Waals surface area contributed by atoms with Crippen molar-refractivity contribution in [3.8, 4) is 5.75 Å². The van der Waals surface area contributed by atoms with E-state index in [9.17, 15) is 14.3 Å². The standard InChI is InChI=1S/C13H10FIN2O2/c14-8-2-4-10(16)11(6-8)17-13(19)7-1-3-9(15)12(18)5-7/h1-6,18H,16H2,(H,17,19). The number of amides is 1. The number of hydrogen-bond donors (Lipinski definition) is 3. The highest BCUT2D eigenvalue weighted by Crippen LogP contribution is 2.23. The number of hydrogen-bond acceptors (Lipinski definition) is 3. The van der Waals surface area contributed by atoms with Gasteiger partial charge in [-0.1, -0.05) is 0 Å². The van der Waals surface area contributed by atoms with Crippen molar-refractivity contribution in [2.75, 3.05) is 11.1 Å². The molecule has 19 heavy (non-hydrogen) atoms. The fourth-order valence-corrected chi connectivity index (χ4v) is 1.82. The number of phenolic OH excluding ortho intramolecular Hbond substituents is 1. The first-order chi connectivity index (χ1) is 8.97. The van der Waals surface area contributed by atoms with E-state index in [1.807, 2.05) is 22.6 Å². The molecule has 0 heterocycles. The van der Waals surface area contributed by atoms with Gasteiger partial charge in [-0.15, -0.1) is 0 Å². The average Bonchev–Trinajstić information content (AvgIpc) is 2.37. The molecule has 0 aliphatic heterocycles. The zero-order valence-corrected chi connectivity index (χ0v) is 11.8. The summed E-state index contributed by atoms with van der Waals surface area (Å²) in [7, 11) is 0. The molecule has 4 nitrogen and oxygen atoms in total. The first-order valence-electron chi connectivity index (χ1n) is 5.32. The van der Waals surface area contributed by atoms with E-state index < -0.39 is 11.7 Å². The van der Waals surface area contributed by atoms with Crippen LogP contribution in [0.5, 0.6) is 5.75 Å². The minimum absolute atomic E-state index is 0.0143. The van der Waals surface area contributed by atoms with Gasteiger partial charge in [0.25, 0.3) is 5.91 Å². The van der Waals surface area contributed by atoms with Crippen molar-refractivity contribution in [3.05, 3.63) is 51.3 Å². The Balaban J connectivity index is 2.25. The fraction of sp³-hybridized carbons (Fsp3) is 0. The topological polar surface area (TPSA) is 75.3 Å². The Kier molecular flexibility index (Phi) is 3.89. The van der Waals surface area contributed by atoms with E-state index in [0.717, 1.165) is 6.07 Å². The molecule has 1 amide bonds. The summed E-state index contributed by atoms with van der Waals surface area (Å²) in [5.41, 5.74) is 6.37. The maximum atomic E-state index is 13.1. The molecule has 0 bridgehead atoms. The maximum Gasteiger partial charge on any atom is 0.255 e. The van der Waals surface area contributed by atoms with Crippen LogP contribution in [0.15, 0.2) is 36.4 Å². The molecule has 0 aliphatic rings. The number of carbonyl (C=O) groups is 1. The van der Waals surface area contributed by atoms with Gasteiger partial charge in [-0.05, 0) is 59.0 Å². The van der Waals surface area contributed by atoms with E-state index in [0.29, 0.717) is 3.57 Å². The van der Waals surface area contributed by atoms with Crippen molar-refractivity contribution in [2.24, 2.45) is 0 Å². The number of aromatic hydroxyl groups is 1. The average molecular weight is 372 g/mol. The second-order valence-corrected chi connectivity index (χ2v) is 5.01. The molecule has 0 aliphatic carbocycles. The predicted molar refractivity (Wildman–Crippen MR) is 79.6 cm³/mol. The molecule has 0 saturated heterocycles. The SMILES string of the molecule is Nc1ccc(F)cc1NC(=O)c1ccc(I)c(O)c1. The zero-order chi connectivity index (χ0) is 14.0. The van der Waals surface area contributed by atoms with Crippen molar-refractivity contribution in [2.45, 2.75) is 0 Å². The molecule has 0 spiro atoms. The van der Waals surface area contributed by atoms with Gasteiger partial charge in [0, 0.05) is 5.56 Å². The van der Waals surface area contributed by atoms with Crippen LogP contribution in [0.2, 0.25) is 0 Å². The van der Waals surface area contributed by atoms with Gasteiger partial charge in [0.05, 0.1) is 14.9 Å². The van der Waals surface area contributed by atoms with E-state index in [1.54, 1.807) is 12.1 Å². The molecule has 0 saturated carbocycles.